The third-order valence-electron chi connectivity index (χ3n) is 4.66. The molecule has 0 atom stereocenters. The third-order valence-corrected chi connectivity index (χ3v) is 5.03. The van der Waals surface area contributed by atoms with Gasteiger partial charge < -0.3 is 14.7 Å². The van der Waals surface area contributed by atoms with E-state index in [1.165, 1.54) is 20.2 Å². The van der Waals surface area contributed by atoms with E-state index in [1.54, 1.807) is 24.3 Å². The Morgan fingerprint density at radius 2 is 1.31 bits per heavy atom. The quantitative estimate of drug-likeness (QED) is 0.315. The van der Waals surface area contributed by atoms with E-state index >= 15 is 0 Å². The Kier molecular flexibility index (Phi) is 6.84. The van der Waals surface area contributed by atoms with Crippen LogP contribution in [0.15, 0.2) is 77.7 Å². The summed E-state index contributed by atoms with van der Waals surface area (Å²) in [6.45, 7) is 0. The fourth-order valence-corrected chi connectivity index (χ4v) is 3.55. The smallest absolute Gasteiger partial charge is 0.465 e. The molecule has 0 aliphatic rings. The fraction of sp³-hybridized carbons (Fsp3) is 0.125. The SMILES string of the molecule is CN(C)C(=O)O.FC(F)(F)Oc1ccc2ccccc2c1-c1c(S)ccc2ccccc12. The second-order valence-corrected chi connectivity index (χ2v) is 7.55. The van der Waals surface area contributed by atoms with E-state index in [0.717, 1.165) is 21.1 Å². The monoisotopic (exact) mass is 459 g/mol. The van der Waals surface area contributed by atoms with Gasteiger partial charge in [0, 0.05) is 30.1 Å². The van der Waals surface area contributed by atoms with Crippen LogP contribution in [-0.2, 0) is 0 Å². The number of hydrogen-bond donors (Lipinski definition) is 2. The first kappa shape index (κ1) is 23.3. The van der Waals surface area contributed by atoms with Gasteiger partial charge in [0.25, 0.3) is 0 Å². The first-order valence-corrected chi connectivity index (χ1v) is 9.92. The Morgan fingerprint density at radius 3 is 1.81 bits per heavy atom. The molecule has 166 valence electrons. The van der Waals surface area contributed by atoms with Crippen LogP contribution in [0.25, 0.3) is 32.7 Å². The maximum atomic E-state index is 13.0. The van der Waals surface area contributed by atoms with Crippen LogP contribution >= 0.6 is 12.6 Å². The molecule has 0 fully saturated rings. The van der Waals surface area contributed by atoms with Crippen molar-refractivity contribution in [2.45, 2.75) is 11.3 Å². The lowest BCUT2D eigenvalue weighted by Crippen LogP contribution is -2.18. The second-order valence-electron chi connectivity index (χ2n) is 7.07. The number of alkyl halides is 3. The molecule has 0 bridgehead atoms. The Labute approximate surface area is 188 Å². The van der Waals surface area contributed by atoms with Crippen molar-refractivity contribution in [1.29, 1.82) is 0 Å². The van der Waals surface area contributed by atoms with Gasteiger partial charge in [0.2, 0.25) is 0 Å². The largest absolute Gasteiger partial charge is 0.573 e. The van der Waals surface area contributed by atoms with Gasteiger partial charge in [0.05, 0.1) is 0 Å². The number of benzene rings is 4. The van der Waals surface area contributed by atoms with Crippen molar-refractivity contribution in [3.8, 4) is 16.9 Å². The summed E-state index contributed by atoms with van der Waals surface area (Å²) in [5, 5.41) is 11.2. The minimum absolute atomic E-state index is 0.233. The van der Waals surface area contributed by atoms with Crippen LogP contribution in [-0.4, -0.2) is 36.6 Å². The van der Waals surface area contributed by atoms with Crippen molar-refractivity contribution >= 4 is 40.3 Å². The summed E-state index contributed by atoms with van der Waals surface area (Å²) >= 11 is 4.53. The normalized spacial score (nSPS) is 11.1. The predicted octanol–water partition coefficient (Wildman–Crippen LogP) is 7.07. The summed E-state index contributed by atoms with van der Waals surface area (Å²) in [5.41, 5.74) is 1.02. The van der Waals surface area contributed by atoms with Crippen LogP contribution in [0.4, 0.5) is 18.0 Å². The number of ether oxygens (including phenoxy) is 1. The minimum Gasteiger partial charge on any atom is -0.465 e. The van der Waals surface area contributed by atoms with Crippen molar-refractivity contribution in [2.24, 2.45) is 0 Å². The van der Waals surface area contributed by atoms with Crippen molar-refractivity contribution in [3.05, 3.63) is 72.8 Å². The van der Waals surface area contributed by atoms with Gasteiger partial charge in [-0.25, -0.2) is 4.79 Å². The average molecular weight is 459 g/mol. The molecular weight excluding hydrogens is 439 g/mol. The van der Waals surface area contributed by atoms with Crippen LogP contribution in [0.1, 0.15) is 0 Å². The highest BCUT2D eigenvalue weighted by Crippen LogP contribution is 2.44. The van der Waals surface area contributed by atoms with Gasteiger partial charge >= 0.3 is 12.5 Å². The first-order valence-electron chi connectivity index (χ1n) is 9.47. The Hall–Kier alpha value is -3.39. The second kappa shape index (κ2) is 9.40. The maximum Gasteiger partial charge on any atom is 0.573 e. The van der Waals surface area contributed by atoms with Gasteiger partial charge in [-0.15, -0.1) is 25.8 Å². The summed E-state index contributed by atoms with van der Waals surface area (Å²) in [4.78, 5) is 11.3. The topological polar surface area (TPSA) is 49.8 Å². The number of thiol groups is 1. The van der Waals surface area contributed by atoms with Crippen molar-refractivity contribution in [1.82, 2.24) is 4.90 Å². The summed E-state index contributed by atoms with van der Waals surface area (Å²) in [6.07, 6.45) is -5.69. The predicted molar refractivity (Wildman–Crippen MR) is 123 cm³/mol. The highest BCUT2D eigenvalue weighted by molar-refractivity contribution is 7.80. The van der Waals surface area contributed by atoms with Crippen molar-refractivity contribution in [3.63, 3.8) is 0 Å². The Balaban J connectivity index is 0.000000427. The third kappa shape index (κ3) is 5.26. The molecule has 0 spiro atoms. The van der Waals surface area contributed by atoms with E-state index in [0.29, 0.717) is 21.4 Å². The van der Waals surface area contributed by atoms with Crippen LogP contribution in [0, 0.1) is 0 Å². The molecule has 32 heavy (non-hydrogen) atoms. The van der Waals surface area contributed by atoms with Crippen LogP contribution in [0.2, 0.25) is 0 Å². The molecule has 1 amide bonds. The van der Waals surface area contributed by atoms with Gasteiger partial charge in [-0.1, -0.05) is 60.7 Å². The number of amides is 1. The molecule has 0 unspecified atom stereocenters. The number of carboxylic acid groups (broad SMARTS) is 1. The summed E-state index contributed by atoms with van der Waals surface area (Å²) < 4.78 is 43.4. The van der Waals surface area contributed by atoms with Crippen LogP contribution < -0.4 is 4.74 Å². The zero-order valence-electron chi connectivity index (χ0n) is 17.2. The highest BCUT2D eigenvalue weighted by Gasteiger charge is 2.33. The van der Waals surface area contributed by atoms with Crippen LogP contribution in [0.3, 0.4) is 0 Å². The molecule has 0 aliphatic carbocycles. The molecule has 8 heteroatoms. The van der Waals surface area contributed by atoms with E-state index in [1.807, 2.05) is 42.5 Å². The van der Waals surface area contributed by atoms with Gasteiger partial charge in [-0.3, -0.25) is 0 Å². The van der Waals surface area contributed by atoms with E-state index in [4.69, 9.17) is 5.11 Å². The molecule has 1 N–H and O–H groups in total. The summed E-state index contributed by atoms with van der Waals surface area (Å²) in [5.74, 6) is -0.233. The molecular formula is C24H20F3NO3S. The lowest BCUT2D eigenvalue weighted by molar-refractivity contribution is -0.274. The van der Waals surface area contributed by atoms with E-state index in [2.05, 4.69) is 17.4 Å². The zero-order valence-corrected chi connectivity index (χ0v) is 18.1. The number of carbonyl (C=O) groups is 1. The van der Waals surface area contributed by atoms with Gasteiger partial charge in [0.15, 0.2) is 0 Å². The number of hydrogen-bond acceptors (Lipinski definition) is 3. The molecule has 4 nitrogen and oxygen atoms in total. The minimum atomic E-state index is -4.78. The molecule has 4 aromatic carbocycles. The van der Waals surface area contributed by atoms with E-state index < -0.39 is 12.5 Å². The maximum absolute atomic E-state index is 13.0. The lowest BCUT2D eigenvalue weighted by Gasteiger charge is -2.18. The van der Waals surface area contributed by atoms with Gasteiger partial charge in [-0.05, 0) is 33.7 Å². The van der Waals surface area contributed by atoms with E-state index in [9.17, 15) is 18.0 Å². The Morgan fingerprint density at radius 1 is 0.844 bits per heavy atom. The lowest BCUT2D eigenvalue weighted by atomic mass is 9.93. The molecule has 4 aromatic rings. The molecule has 0 saturated carbocycles. The molecule has 0 radical (unpaired) electrons. The van der Waals surface area contributed by atoms with Gasteiger partial charge in [-0.2, -0.15) is 0 Å². The fourth-order valence-electron chi connectivity index (χ4n) is 3.24. The number of halogens is 3. The van der Waals surface area contributed by atoms with Crippen molar-refractivity contribution < 1.29 is 27.8 Å². The highest BCUT2D eigenvalue weighted by atomic mass is 32.1. The summed E-state index contributed by atoms with van der Waals surface area (Å²) in [7, 11) is 2.95. The molecule has 0 heterocycles. The van der Waals surface area contributed by atoms with Crippen molar-refractivity contribution in [2.75, 3.05) is 14.1 Å². The average Bonchev–Trinajstić information content (AvgIpc) is 2.73. The Bertz CT molecular complexity index is 1270. The van der Waals surface area contributed by atoms with Crippen LogP contribution in [0.5, 0.6) is 5.75 Å². The van der Waals surface area contributed by atoms with Gasteiger partial charge in [0.1, 0.15) is 5.75 Å². The number of nitrogens with zero attached hydrogens (tertiary/aromatic N) is 1. The van der Waals surface area contributed by atoms with E-state index in [-0.39, 0.29) is 5.75 Å². The summed E-state index contributed by atoms with van der Waals surface area (Å²) in [6, 6.07) is 21.5. The number of fused-ring (bicyclic) bond motifs is 2. The molecule has 0 aliphatic heterocycles. The first-order chi connectivity index (χ1) is 15.1. The molecule has 0 aromatic heterocycles. The molecule has 0 saturated heterocycles. The molecule has 4 rings (SSSR count). The standard InChI is InChI=1S/C21H13F3OS.C3H7NO2/c22-21(23,24)25-17-11-9-13-5-1-3-7-15(13)19(17)20-16-8-4-2-6-14(16)10-12-18(20)26;1-4(2)3(5)6/h1-12,26H;1-2H3,(H,5,6). The number of rotatable bonds is 2. The zero-order chi connectivity index (χ0) is 23.5.